The van der Waals surface area contributed by atoms with Gasteiger partial charge >= 0.3 is 5.97 Å². The number of fused-ring (bicyclic) bond motifs is 1. The van der Waals surface area contributed by atoms with Crippen LogP contribution in [0.3, 0.4) is 0 Å². The van der Waals surface area contributed by atoms with E-state index in [1.807, 2.05) is 17.5 Å². The Hall–Kier alpha value is -1.40. The van der Waals surface area contributed by atoms with Crippen molar-refractivity contribution in [2.45, 2.75) is 6.92 Å². The SMILES string of the molecule is CCOC(=O)CNC(=O)c1cc2sccc2s1. The van der Waals surface area contributed by atoms with Gasteiger partial charge in [0.2, 0.25) is 0 Å². The summed E-state index contributed by atoms with van der Waals surface area (Å²) < 4.78 is 6.91. The van der Waals surface area contributed by atoms with E-state index in [1.54, 1.807) is 18.3 Å². The topological polar surface area (TPSA) is 55.4 Å². The summed E-state index contributed by atoms with van der Waals surface area (Å²) in [5, 5.41) is 4.52. The molecular formula is C11H11NO3S2. The highest BCUT2D eigenvalue weighted by Gasteiger charge is 2.12. The van der Waals surface area contributed by atoms with Gasteiger partial charge < -0.3 is 10.1 Å². The molecule has 1 amide bonds. The maximum atomic E-state index is 11.7. The second kappa shape index (κ2) is 5.29. The second-order valence-corrected chi connectivity index (χ2v) is 5.28. The second-order valence-electron chi connectivity index (χ2n) is 3.25. The van der Waals surface area contributed by atoms with Crippen LogP contribution in [-0.4, -0.2) is 25.0 Å². The summed E-state index contributed by atoms with van der Waals surface area (Å²) in [4.78, 5) is 23.4. The molecular weight excluding hydrogens is 258 g/mol. The van der Waals surface area contributed by atoms with Gasteiger partial charge in [-0.15, -0.1) is 22.7 Å². The first-order valence-corrected chi connectivity index (χ1v) is 6.81. The fraction of sp³-hybridized carbons (Fsp3) is 0.273. The molecule has 2 aromatic rings. The van der Waals surface area contributed by atoms with E-state index in [9.17, 15) is 9.59 Å². The Morgan fingerprint density at radius 2 is 2.24 bits per heavy atom. The van der Waals surface area contributed by atoms with Crippen LogP contribution in [0.15, 0.2) is 17.5 Å². The van der Waals surface area contributed by atoms with Gasteiger partial charge in [0.1, 0.15) is 6.54 Å². The Kier molecular flexibility index (Phi) is 3.75. The number of hydrogen-bond acceptors (Lipinski definition) is 5. The highest BCUT2D eigenvalue weighted by atomic mass is 32.1. The number of hydrogen-bond donors (Lipinski definition) is 1. The van der Waals surface area contributed by atoms with E-state index in [2.05, 4.69) is 5.32 Å². The molecule has 0 bridgehead atoms. The number of carbonyl (C=O) groups excluding carboxylic acids is 2. The normalized spacial score (nSPS) is 10.4. The van der Waals surface area contributed by atoms with Crippen LogP contribution in [0, 0.1) is 0 Å². The van der Waals surface area contributed by atoms with Crippen molar-refractivity contribution in [3.8, 4) is 0 Å². The third-order valence-electron chi connectivity index (χ3n) is 2.06. The summed E-state index contributed by atoms with van der Waals surface area (Å²) in [6.45, 7) is 1.97. The Morgan fingerprint density at radius 3 is 2.94 bits per heavy atom. The zero-order valence-corrected chi connectivity index (χ0v) is 10.8. The van der Waals surface area contributed by atoms with E-state index in [1.165, 1.54) is 11.3 Å². The van der Waals surface area contributed by atoms with E-state index < -0.39 is 5.97 Å². The first kappa shape index (κ1) is 12.1. The molecule has 17 heavy (non-hydrogen) atoms. The molecule has 0 saturated heterocycles. The fourth-order valence-electron chi connectivity index (χ4n) is 1.33. The van der Waals surface area contributed by atoms with Crippen LogP contribution in [0.5, 0.6) is 0 Å². The maximum Gasteiger partial charge on any atom is 0.325 e. The van der Waals surface area contributed by atoms with Crippen LogP contribution in [0.4, 0.5) is 0 Å². The van der Waals surface area contributed by atoms with Crippen molar-refractivity contribution in [3.63, 3.8) is 0 Å². The van der Waals surface area contributed by atoms with Gasteiger partial charge in [0.15, 0.2) is 0 Å². The molecule has 0 saturated carbocycles. The summed E-state index contributed by atoms with van der Waals surface area (Å²) in [7, 11) is 0. The van der Waals surface area contributed by atoms with Gasteiger partial charge in [-0.2, -0.15) is 0 Å². The van der Waals surface area contributed by atoms with E-state index in [0.717, 1.165) is 9.40 Å². The Morgan fingerprint density at radius 1 is 1.41 bits per heavy atom. The average molecular weight is 269 g/mol. The number of esters is 1. The Balaban J connectivity index is 1.96. The summed E-state index contributed by atoms with van der Waals surface area (Å²) in [5.41, 5.74) is 0. The zero-order valence-electron chi connectivity index (χ0n) is 9.19. The van der Waals surface area contributed by atoms with Gasteiger partial charge in [-0.25, -0.2) is 0 Å². The van der Waals surface area contributed by atoms with Crippen LogP contribution in [0.25, 0.3) is 9.40 Å². The number of rotatable bonds is 4. The Labute approximate surface area is 106 Å². The molecule has 0 radical (unpaired) electrons. The molecule has 6 heteroatoms. The molecule has 0 atom stereocenters. The van der Waals surface area contributed by atoms with E-state index in [-0.39, 0.29) is 12.5 Å². The van der Waals surface area contributed by atoms with Gasteiger partial charge in [-0.3, -0.25) is 9.59 Å². The van der Waals surface area contributed by atoms with Crippen molar-refractivity contribution in [1.82, 2.24) is 5.32 Å². The van der Waals surface area contributed by atoms with Gasteiger partial charge in [0.25, 0.3) is 5.91 Å². The number of ether oxygens (including phenoxy) is 1. The average Bonchev–Trinajstić information content (AvgIpc) is 2.86. The van der Waals surface area contributed by atoms with E-state index in [0.29, 0.717) is 11.5 Å². The summed E-state index contributed by atoms with van der Waals surface area (Å²) >= 11 is 3.02. The minimum atomic E-state index is -0.417. The van der Waals surface area contributed by atoms with Crippen LogP contribution in [0.1, 0.15) is 16.6 Å². The van der Waals surface area contributed by atoms with E-state index >= 15 is 0 Å². The van der Waals surface area contributed by atoms with E-state index in [4.69, 9.17) is 4.74 Å². The molecule has 2 aromatic heterocycles. The molecule has 4 nitrogen and oxygen atoms in total. The summed E-state index contributed by atoms with van der Waals surface area (Å²) in [6.07, 6.45) is 0. The molecule has 0 aliphatic carbocycles. The van der Waals surface area contributed by atoms with Gasteiger partial charge in [-0.05, 0) is 24.4 Å². The molecule has 0 aromatic carbocycles. The summed E-state index contributed by atoms with van der Waals surface area (Å²) in [5.74, 6) is -0.648. The number of nitrogens with one attached hydrogen (secondary N) is 1. The van der Waals surface area contributed by atoms with Crippen molar-refractivity contribution in [2.75, 3.05) is 13.2 Å². The number of amides is 1. The number of carbonyl (C=O) groups is 2. The zero-order chi connectivity index (χ0) is 12.3. The number of thiophene rings is 2. The molecule has 2 heterocycles. The standard InChI is InChI=1S/C11H11NO3S2/c1-2-15-10(13)6-12-11(14)9-5-8-7(17-9)3-4-16-8/h3-5H,2,6H2,1H3,(H,12,14). The molecule has 2 rings (SSSR count). The Bertz CT molecular complexity index is 515. The smallest absolute Gasteiger partial charge is 0.325 e. The highest BCUT2D eigenvalue weighted by Crippen LogP contribution is 2.29. The quantitative estimate of drug-likeness (QED) is 0.866. The maximum absolute atomic E-state index is 11.7. The molecule has 1 N–H and O–H groups in total. The highest BCUT2D eigenvalue weighted by molar-refractivity contribution is 7.27. The van der Waals surface area contributed by atoms with Crippen molar-refractivity contribution >= 4 is 43.9 Å². The third kappa shape index (κ3) is 2.83. The van der Waals surface area contributed by atoms with Crippen molar-refractivity contribution in [3.05, 3.63) is 22.4 Å². The van der Waals surface area contributed by atoms with Crippen molar-refractivity contribution in [2.24, 2.45) is 0 Å². The lowest BCUT2D eigenvalue weighted by atomic mass is 10.4. The molecule has 0 unspecified atom stereocenters. The van der Waals surface area contributed by atoms with Gasteiger partial charge in [0.05, 0.1) is 11.5 Å². The molecule has 0 aliphatic rings. The van der Waals surface area contributed by atoms with Gasteiger partial charge in [0, 0.05) is 9.40 Å². The third-order valence-corrected chi connectivity index (χ3v) is 4.15. The summed E-state index contributed by atoms with van der Waals surface area (Å²) in [6, 6.07) is 3.82. The lowest BCUT2D eigenvalue weighted by Gasteiger charge is -2.02. The van der Waals surface area contributed by atoms with Crippen LogP contribution < -0.4 is 5.32 Å². The minimum absolute atomic E-state index is 0.0851. The minimum Gasteiger partial charge on any atom is -0.465 e. The van der Waals surface area contributed by atoms with Crippen molar-refractivity contribution in [1.29, 1.82) is 0 Å². The molecule has 0 spiro atoms. The van der Waals surface area contributed by atoms with Crippen LogP contribution >= 0.6 is 22.7 Å². The molecule has 90 valence electrons. The first-order valence-electron chi connectivity index (χ1n) is 5.11. The molecule has 0 fully saturated rings. The van der Waals surface area contributed by atoms with Gasteiger partial charge in [-0.1, -0.05) is 0 Å². The predicted molar refractivity (Wildman–Crippen MR) is 68.7 cm³/mol. The van der Waals surface area contributed by atoms with Crippen LogP contribution in [0.2, 0.25) is 0 Å². The monoisotopic (exact) mass is 269 g/mol. The lowest BCUT2D eigenvalue weighted by Crippen LogP contribution is -2.30. The lowest BCUT2D eigenvalue weighted by molar-refractivity contribution is -0.141. The predicted octanol–water partition coefficient (Wildman–Crippen LogP) is 2.26. The van der Waals surface area contributed by atoms with Crippen LogP contribution in [-0.2, 0) is 9.53 Å². The largest absolute Gasteiger partial charge is 0.465 e. The first-order chi connectivity index (χ1) is 8.20. The molecule has 0 aliphatic heterocycles. The van der Waals surface area contributed by atoms with Crippen molar-refractivity contribution < 1.29 is 14.3 Å². The fourth-order valence-corrected chi connectivity index (χ4v) is 3.35.